The lowest BCUT2D eigenvalue weighted by Gasteiger charge is -2.12. The Morgan fingerprint density at radius 1 is 1.06 bits per heavy atom. The van der Waals surface area contributed by atoms with Crippen molar-refractivity contribution in [3.8, 4) is 11.3 Å². The van der Waals surface area contributed by atoms with Gasteiger partial charge in [-0.1, -0.05) is 24.3 Å². The molecule has 2 heterocycles. The van der Waals surface area contributed by atoms with Crippen LogP contribution in [0.4, 0.5) is 10.1 Å². The third-order valence-electron chi connectivity index (χ3n) is 5.77. The van der Waals surface area contributed by atoms with Gasteiger partial charge in [0.1, 0.15) is 5.82 Å². The number of benzene rings is 2. The maximum Gasteiger partial charge on any atom is 0.224 e. The second-order valence-electron chi connectivity index (χ2n) is 7.87. The number of nitrogens with one attached hydrogen (secondary N) is 1. The largest absolute Gasteiger partial charge is 0.326 e. The van der Waals surface area contributed by atoms with Crippen molar-refractivity contribution in [2.75, 3.05) is 5.32 Å². The normalized spacial score (nSPS) is 11.1. The summed E-state index contributed by atoms with van der Waals surface area (Å²) in [6.07, 6.45) is 0.909. The molecule has 5 nitrogen and oxygen atoms in total. The first kappa shape index (κ1) is 20.7. The van der Waals surface area contributed by atoms with Crippen LogP contribution in [0, 0.1) is 33.5 Å². The monoisotopic (exact) mass is 416 g/mol. The van der Waals surface area contributed by atoms with Gasteiger partial charge in [0.15, 0.2) is 5.65 Å². The Kier molecular flexibility index (Phi) is 5.55. The van der Waals surface area contributed by atoms with Gasteiger partial charge in [0.05, 0.1) is 5.69 Å². The van der Waals surface area contributed by atoms with Crippen molar-refractivity contribution in [2.24, 2.45) is 0 Å². The number of halogens is 1. The van der Waals surface area contributed by atoms with E-state index in [2.05, 4.69) is 15.4 Å². The van der Waals surface area contributed by atoms with E-state index in [9.17, 15) is 9.18 Å². The van der Waals surface area contributed by atoms with Crippen LogP contribution in [0.3, 0.4) is 0 Å². The standard InChI is InChI=1S/C25H25FN4O/c1-15-7-5-10-22(16(15)2)28-25(31)12-11-21-17(3)27-24-14-23(29-30(24)18(21)4)19-8-6-9-20(26)13-19/h5-10,13-14H,11-12H2,1-4H3,(H,28,31). The van der Waals surface area contributed by atoms with Crippen molar-refractivity contribution in [1.29, 1.82) is 0 Å². The number of aromatic nitrogens is 3. The van der Waals surface area contributed by atoms with Crippen LogP contribution < -0.4 is 5.32 Å². The van der Waals surface area contributed by atoms with E-state index in [1.807, 2.05) is 58.0 Å². The molecular formula is C25H25FN4O. The highest BCUT2D eigenvalue weighted by Gasteiger charge is 2.15. The van der Waals surface area contributed by atoms with Crippen LogP contribution in [-0.2, 0) is 11.2 Å². The zero-order valence-corrected chi connectivity index (χ0v) is 18.2. The number of rotatable bonds is 5. The maximum absolute atomic E-state index is 13.6. The summed E-state index contributed by atoms with van der Waals surface area (Å²) in [6, 6.07) is 14.1. The van der Waals surface area contributed by atoms with Gasteiger partial charge in [-0.15, -0.1) is 0 Å². The first-order chi connectivity index (χ1) is 14.8. The Bertz CT molecular complexity index is 1290. The van der Waals surface area contributed by atoms with Gasteiger partial charge in [-0.25, -0.2) is 13.9 Å². The Morgan fingerprint density at radius 2 is 1.84 bits per heavy atom. The SMILES string of the molecule is Cc1cccc(NC(=O)CCc2c(C)nc3cc(-c4cccc(F)c4)nn3c2C)c1C. The first-order valence-electron chi connectivity index (χ1n) is 10.3. The fraction of sp³-hybridized carbons (Fsp3) is 0.240. The lowest BCUT2D eigenvalue weighted by Crippen LogP contribution is -2.15. The molecule has 2 aromatic heterocycles. The highest BCUT2D eigenvalue weighted by atomic mass is 19.1. The molecule has 1 N–H and O–H groups in total. The second-order valence-corrected chi connectivity index (χ2v) is 7.87. The highest BCUT2D eigenvalue weighted by Crippen LogP contribution is 2.24. The Hall–Kier alpha value is -3.54. The quantitative estimate of drug-likeness (QED) is 0.478. The molecule has 0 unspecified atom stereocenters. The molecule has 0 saturated carbocycles. The van der Waals surface area contributed by atoms with Gasteiger partial charge >= 0.3 is 0 Å². The van der Waals surface area contributed by atoms with E-state index in [0.29, 0.717) is 29.7 Å². The Balaban J connectivity index is 1.56. The number of anilines is 1. The van der Waals surface area contributed by atoms with Crippen LogP contribution in [-0.4, -0.2) is 20.5 Å². The lowest BCUT2D eigenvalue weighted by molar-refractivity contribution is -0.116. The molecule has 0 fully saturated rings. The molecule has 0 aliphatic rings. The molecule has 2 aromatic carbocycles. The van der Waals surface area contributed by atoms with Crippen molar-refractivity contribution < 1.29 is 9.18 Å². The van der Waals surface area contributed by atoms with Crippen molar-refractivity contribution >= 4 is 17.2 Å². The van der Waals surface area contributed by atoms with Crippen LogP contribution in [0.25, 0.3) is 16.9 Å². The van der Waals surface area contributed by atoms with Gasteiger partial charge in [0.2, 0.25) is 5.91 Å². The number of carbonyl (C=O) groups excluding carboxylic acids is 1. The minimum Gasteiger partial charge on any atom is -0.326 e. The fourth-order valence-corrected chi connectivity index (χ4v) is 3.82. The third kappa shape index (κ3) is 4.19. The predicted octanol–water partition coefficient (Wildman–Crippen LogP) is 5.34. The van der Waals surface area contributed by atoms with Gasteiger partial charge in [0.25, 0.3) is 0 Å². The molecule has 0 atom stereocenters. The molecule has 0 spiro atoms. The van der Waals surface area contributed by atoms with Gasteiger partial charge < -0.3 is 5.32 Å². The summed E-state index contributed by atoms with van der Waals surface area (Å²) in [6.45, 7) is 7.95. The van der Waals surface area contributed by atoms with E-state index in [4.69, 9.17) is 0 Å². The zero-order chi connectivity index (χ0) is 22.1. The van der Waals surface area contributed by atoms with Gasteiger partial charge in [-0.05, 0) is 69.0 Å². The van der Waals surface area contributed by atoms with Gasteiger partial charge in [0, 0.05) is 35.1 Å². The summed E-state index contributed by atoms with van der Waals surface area (Å²) in [7, 11) is 0. The average molecular weight is 417 g/mol. The molecule has 0 bridgehead atoms. The Morgan fingerprint density at radius 3 is 2.61 bits per heavy atom. The van der Waals surface area contributed by atoms with Crippen molar-refractivity contribution in [3.63, 3.8) is 0 Å². The second kappa shape index (κ2) is 8.30. The number of aryl methyl sites for hydroxylation is 3. The lowest BCUT2D eigenvalue weighted by atomic mass is 10.1. The smallest absolute Gasteiger partial charge is 0.224 e. The van der Waals surface area contributed by atoms with Crippen molar-refractivity contribution in [1.82, 2.24) is 14.6 Å². The number of fused-ring (bicyclic) bond motifs is 1. The summed E-state index contributed by atoms with van der Waals surface area (Å²) in [5.41, 5.74) is 7.95. The molecule has 31 heavy (non-hydrogen) atoms. The molecule has 6 heteroatoms. The van der Waals surface area contributed by atoms with Gasteiger partial charge in [-0.2, -0.15) is 5.10 Å². The molecular weight excluding hydrogens is 391 g/mol. The van der Waals surface area contributed by atoms with E-state index < -0.39 is 0 Å². The summed E-state index contributed by atoms with van der Waals surface area (Å²) in [4.78, 5) is 17.2. The van der Waals surface area contributed by atoms with Crippen molar-refractivity contribution in [2.45, 2.75) is 40.5 Å². The van der Waals surface area contributed by atoms with E-state index in [1.165, 1.54) is 12.1 Å². The molecule has 0 aliphatic heterocycles. The summed E-state index contributed by atoms with van der Waals surface area (Å²) in [5.74, 6) is -0.334. The Labute approximate surface area is 181 Å². The van der Waals surface area contributed by atoms with Crippen LogP contribution in [0.2, 0.25) is 0 Å². The number of nitrogens with zero attached hydrogens (tertiary/aromatic N) is 3. The topological polar surface area (TPSA) is 59.3 Å². The molecule has 158 valence electrons. The van der Waals surface area contributed by atoms with E-state index in [1.54, 1.807) is 10.6 Å². The molecule has 0 saturated heterocycles. The first-order valence-corrected chi connectivity index (χ1v) is 10.3. The van der Waals surface area contributed by atoms with Gasteiger partial charge in [-0.3, -0.25) is 4.79 Å². The number of hydrogen-bond acceptors (Lipinski definition) is 3. The van der Waals surface area contributed by atoms with E-state index >= 15 is 0 Å². The summed E-state index contributed by atoms with van der Waals surface area (Å²) in [5, 5.41) is 7.64. The van der Waals surface area contributed by atoms with Crippen LogP contribution in [0.15, 0.2) is 48.5 Å². The predicted molar refractivity (Wildman–Crippen MR) is 121 cm³/mol. The number of carbonyl (C=O) groups is 1. The molecule has 0 radical (unpaired) electrons. The number of hydrogen-bond donors (Lipinski definition) is 1. The average Bonchev–Trinajstić information content (AvgIpc) is 3.15. The molecule has 4 aromatic rings. The van der Waals surface area contributed by atoms with Crippen molar-refractivity contribution in [3.05, 3.63) is 82.4 Å². The van der Waals surface area contributed by atoms with Crippen LogP contribution in [0.1, 0.15) is 34.5 Å². The third-order valence-corrected chi connectivity index (χ3v) is 5.77. The fourth-order valence-electron chi connectivity index (χ4n) is 3.82. The minimum absolute atomic E-state index is 0.0338. The number of amides is 1. The zero-order valence-electron chi connectivity index (χ0n) is 18.2. The van der Waals surface area contributed by atoms with E-state index in [0.717, 1.165) is 33.8 Å². The van der Waals surface area contributed by atoms with Crippen LogP contribution in [0.5, 0.6) is 0 Å². The molecule has 1 amide bonds. The summed E-state index contributed by atoms with van der Waals surface area (Å²) >= 11 is 0. The van der Waals surface area contributed by atoms with Crippen LogP contribution >= 0.6 is 0 Å². The summed E-state index contributed by atoms with van der Waals surface area (Å²) < 4.78 is 15.4. The maximum atomic E-state index is 13.6. The minimum atomic E-state index is -0.300. The molecule has 4 rings (SSSR count). The highest BCUT2D eigenvalue weighted by molar-refractivity contribution is 5.91. The molecule has 0 aliphatic carbocycles. The van der Waals surface area contributed by atoms with E-state index in [-0.39, 0.29) is 11.7 Å².